The van der Waals surface area contributed by atoms with Gasteiger partial charge in [-0.1, -0.05) is 29.3 Å². The van der Waals surface area contributed by atoms with E-state index >= 15 is 0 Å². The molecule has 0 unspecified atom stereocenters. The highest BCUT2D eigenvalue weighted by atomic mass is 35.5. The van der Waals surface area contributed by atoms with Crippen molar-refractivity contribution in [2.75, 3.05) is 4.72 Å². The first-order valence-electron chi connectivity index (χ1n) is 7.82. The summed E-state index contributed by atoms with van der Waals surface area (Å²) in [6.45, 7) is 4.57. The van der Waals surface area contributed by atoms with Crippen molar-refractivity contribution in [1.29, 1.82) is 0 Å². The maximum absolute atomic E-state index is 12.6. The zero-order valence-corrected chi connectivity index (χ0v) is 16.5. The van der Waals surface area contributed by atoms with Crippen molar-refractivity contribution in [2.24, 2.45) is 0 Å². The summed E-state index contributed by atoms with van der Waals surface area (Å²) < 4.78 is 30.8. The summed E-state index contributed by atoms with van der Waals surface area (Å²) in [5, 5.41) is 9.35. The zero-order chi connectivity index (χ0) is 18.9. The van der Waals surface area contributed by atoms with Crippen molar-refractivity contribution in [3.63, 3.8) is 0 Å². The Hall–Kier alpha value is -2.03. The van der Waals surface area contributed by atoms with Crippen molar-refractivity contribution in [3.05, 3.63) is 58.0 Å². The molecule has 0 aliphatic carbocycles. The number of hydrogen-bond donors (Lipinski definition) is 1. The maximum Gasteiger partial charge on any atom is 0.266 e. The van der Waals surface area contributed by atoms with Crippen LogP contribution in [0.5, 0.6) is 0 Å². The molecule has 0 aliphatic rings. The minimum absolute atomic E-state index is 0.137. The number of anilines is 1. The molecule has 26 heavy (non-hydrogen) atoms. The predicted octanol–water partition coefficient (Wildman–Crippen LogP) is 3.56. The number of aryl methyl sites for hydroxylation is 2. The normalized spacial score (nSPS) is 11.7. The molecule has 0 bridgehead atoms. The van der Waals surface area contributed by atoms with Crippen LogP contribution in [0.4, 0.5) is 5.82 Å². The minimum Gasteiger partial charge on any atom is -0.271 e. The summed E-state index contributed by atoms with van der Waals surface area (Å²) in [6, 6.07) is 6.88. The minimum atomic E-state index is -3.75. The molecule has 1 N–H and O–H groups in total. The molecule has 0 radical (unpaired) electrons. The molecule has 0 aliphatic heterocycles. The van der Waals surface area contributed by atoms with Crippen molar-refractivity contribution in [3.8, 4) is 0 Å². The molecule has 7 nitrogen and oxygen atoms in total. The highest BCUT2D eigenvalue weighted by Crippen LogP contribution is 2.23. The largest absolute Gasteiger partial charge is 0.271 e. The van der Waals surface area contributed by atoms with Crippen LogP contribution in [-0.2, 0) is 23.1 Å². The number of sulfonamides is 1. The van der Waals surface area contributed by atoms with Gasteiger partial charge in [-0.05, 0) is 31.5 Å². The fraction of sp³-hybridized carbons (Fsp3) is 0.250. The van der Waals surface area contributed by atoms with Crippen LogP contribution < -0.4 is 4.72 Å². The van der Waals surface area contributed by atoms with Gasteiger partial charge < -0.3 is 0 Å². The van der Waals surface area contributed by atoms with Gasteiger partial charge in [0.15, 0.2) is 5.82 Å². The van der Waals surface area contributed by atoms with Crippen molar-refractivity contribution in [1.82, 2.24) is 19.6 Å². The van der Waals surface area contributed by atoms with Crippen LogP contribution in [0.15, 0.2) is 41.6 Å². The fourth-order valence-electron chi connectivity index (χ4n) is 2.45. The van der Waals surface area contributed by atoms with Gasteiger partial charge in [0.2, 0.25) is 0 Å². The lowest BCUT2D eigenvalue weighted by Crippen LogP contribution is -2.14. The Labute approximate surface area is 161 Å². The molecule has 2 heterocycles. The molecule has 1 aromatic carbocycles. The van der Waals surface area contributed by atoms with E-state index in [1.54, 1.807) is 40.7 Å². The molecule has 0 saturated heterocycles. The van der Waals surface area contributed by atoms with Gasteiger partial charge in [-0.3, -0.25) is 14.1 Å². The lowest BCUT2D eigenvalue weighted by molar-refractivity contribution is 0.599. The van der Waals surface area contributed by atoms with E-state index in [1.807, 2.05) is 13.0 Å². The van der Waals surface area contributed by atoms with E-state index in [4.69, 9.17) is 23.2 Å². The second-order valence-corrected chi connectivity index (χ2v) is 8.15. The van der Waals surface area contributed by atoms with Crippen LogP contribution in [-0.4, -0.2) is 28.0 Å². The van der Waals surface area contributed by atoms with E-state index in [0.717, 1.165) is 5.56 Å². The monoisotopic (exact) mass is 413 g/mol. The first-order chi connectivity index (χ1) is 12.3. The molecule has 3 aromatic rings. The zero-order valence-electron chi connectivity index (χ0n) is 14.1. The van der Waals surface area contributed by atoms with Gasteiger partial charge in [-0.15, -0.1) is 0 Å². The van der Waals surface area contributed by atoms with Gasteiger partial charge in [-0.2, -0.15) is 10.2 Å². The second-order valence-electron chi connectivity index (χ2n) is 5.69. The summed E-state index contributed by atoms with van der Waals surface area (Å²) in [6.07, 6.45) is 3.19. The number of benzene rings is 1. The van der Waals surface area contributed by atoms with Crippen LogP contribution >= 0.6 is 23.2 Å². The Kier molecular flexibility index (Phi) is 5.27. The van der Waals surface area contributed by atoms with E-state index in [-0.39, 0.29) is 10.7 Å². The maximum atomic E-state index is 12.6. The highest BCUT2D eigenvalue weighted by molar-refractivity contribution is 7.92. The third kappa shape index (κ3) is 4.03. The summed E-state index contributed by atoms with van der Waals surface area (Å²) in [4.78, 5) is 0.137. The number of rotatable bonds is 6. The number of nitrogens with one attached hydrogen (secondary N) is 1. The average molecular weight is 414 g/mol. The van der Waals surface area contributed by atoms with Crippen LogP contribution in [0, 0.1) is 6.92 Å². The standard InChI is InChI=1S/C16H17Cl2N5O2S/c1-3-22-10-15(11(2)19-22)26(24,25)21-16-6-7-23(20-16)9-12-4-5-13(17)14(18)8-12/h4-8,10H,3,9H2,1-2H3,(H,20,21). The molecule has 0 amide bonds. The van der Waals surface area contributed by atoms with Crippen LogP contribution in [0.2, 0.25) is 10.0 Å². The van der Waals surface area contributed by atoms with E-state index in [1.165, 1.54) is 6.20 Å². The van der Waals surface area contributed by atoms with Crippen LogP contribution in [0.1, 0.15) is 18.2 Å². The SMILES string of the molecule is CCn1cc(S(=O)(=O)Nc2ccn(Cc3ccc(Cl)c(Cl)c3)n2)c(C)n1. The Bertz CT molecular complexity index is 1040. The Balaban J connectivity index is 1.77. The molecular formula is C16H17Cl2N5O2S. The number of nitrogens with zero attached hydrogens (tertiary/aromatic N) is 4. The molecule has 3 rings (SSSR count). The number of aromatic nitrogens is 4. The average Bonchev–Trinajstić information content (AvgIpc) is 3.17. The van der Waals surface area contributed by atoms with Crippen molar-refractivity contribution in [2.45, 2.75) is 31.8 Å². The Morgan fingerprint density at radius 1 is 1.12 bits per heavy atom. The fourth-order valence-corrected chi connectivity index (χ4v) is 3.95. The van der Waals surface area contributed by atoms with E-state index < -0.39 is 10.0 Å². The quantitative estimate of drug-likeness (QED) is 0.669. The van der Waals surface area contributed by atoms with Gasteiger partial charge in [0.25, 0.3) is 10.0 Å². The smallest absolute Gasteiger partial charge is 0.266 e. The molecule has 138 valence electrons. The van der Waals surface area contributed by atoms with Crippen molar-refractivity contribution >= 4 is 39.0 Å². The molecule has 2 aromatic heterocycles. The molecule has 0 spiro atoms. The van der Waals surface area contributed by atoms with E-state index in [2.05, 4.69) is 14.9 Å². The summed E-state index contributed by atoms with van der Waals surface area (Å²) >= 11 is 11.9. The molecule has 10 heteroatoms. The molecule has 0 fully saturated rings. The molecule has 0 saturated carbocycles. The lowest BCUT2D eigenvalue weighted by atomic mass is 10.2. The van der Waals surface area contributed by atoms with Gasteiger partial charge in [0.1, 0.15) is 4.90 Å². The topological polar surface area (TPSA) is 81.8 Å². The van der Waals surface area contributed by atoms with Crippen LogP contribution in [0.25, 0.3) is 0 Å². The lowest BCUT2D eigenvalue weighted by Gasteiger charge is -2.05. The van der Waals surface area contributed by atoms with Gasteiger partial charge in [0.05, 0.1) is 22.3 Å². The van der Waals surface area contributed by atoms with Gasteiger partial charge in [-0.25, -0.2) is 8.42 Å². The first-order valence-corrected chi connectivity index (χ1v) is 10.1. The highest BCUT2D eigenvalue weighted by Gasteiger charge is 2.21. The summed E-state index contributed by atoms with van der Waals surface area (Å²) in [5.41, 5.74) is 1.34. The third-order valence-electron chi connectivity index (χ3n) is 3.72. The molecular weight excluding hydrogens is 397 g/mol. The second kappa shape index (κ2) is 7.30. The molecule has 0 atom stereocenters. The van der Waals surface area contributed by atoms with E-state index in [0.29, 0.717) is 28.8 Å². The van der Waals surface area contributed by atoms with Crippen molar-refractivity contribution < 1.29 is 8.42 Å². The number of halogens is 2. The Morgan fingerprint density at radius 2 is 1.88 bits per heavy atom. The number of hydrogen-bond acceptors (Lipinski definition) is 4. The summed E-state index contributed by atoms with van der Waals surface area (Å²) in [5.74, 6) is 0.230. The van der Waals surface area contributed by atoms with Gasteiger partial charge in [0, 0.05) is 25.0 Å². The van der Waals surface area contributed by atoms with E-state index in [9.17, 15) is 8.42 Å². The predicted molar refractivity (Wildman–Crippen MR) is 101 cm³/mol. The van der Waals surface area contributed by atoms with Gasteiger partial charge >= 0.3 is 0 Å². The first kappa shape index (κ1) is 18.8. The van der Waals surface area contributed by atoms with Crippen LogP contribution in [0.3, 0.4) is 0 Å². The third-order valence-corrected chi connectivity index (χ3v) is 5.92. The Morgan fingerprint density at radius 3 is 2.54 bits per heavy atom. The summed E-state index contributed by atoms with van der Waals surface area (Å²) in [7, 11) is -3.75.